The van der Waals surface area contributed by atoms with E-state index in [4.69, 9.17) is 0 Å². The molecular formula is C28H34N4O3. The number of aryl methyl sites for hydroxylation is 1. The molecule has 2 aliphatic rings. The summed E-state index contributed by atoms with van der Waals surface area (Å²) in [7, 11) is 0. The number of rotatable bonds is 8. The van der Waals surface area contributed by atoms with E-state index in [2.05, 4.69) is 20.1 Å². The first-order chi connectivity index (χ1) is 17.0. The molecule has 2 aromatic rings. The summed E-state index contributed by atoms with van der Waals surface area (Å²) in [5, 5.41) is 2.95. The van der Waals surface area contributed by atoms with Crippen LogP contribution in [-0.4, -0.2) is 79.3 Å². The van der Waals surface area contributed by atoms with Crippen LogP contribution in [0.15, 0.2) is 59.6 Å². The lowest BCUT2D eigenvalue weighted by molar-refractivity contribution is -0.133. The second-order valence-corrected chi connectivity index (χ2v) is 9.51. The second kappa shape index (κ2) is 12.0. The third-order valence-corrected chi connectivity index (χ3v) is 6.83. The summed E-state index contributed by atoms with van der Waals surface area (Å²) >= 11 is 0. The first-order valence-electron chi connectivity index (χ1n) is 12.4. The molecule has 35 heavy (non-hydrogen) atoms. The predicted molar refractivity (Wildman–Crippen MR) is 138 cm³/mol. The summed E-state index contributed by atoms with van der Waals surface area (Å²) in [6.07, 6.45) is 2.36. The Morgan fingerprint density at radius 1 is 0.943 bits per heavy atom. The summed E-state index contributed by atoms with van der Waals surface area (Å²) in [6, 6.07) is 17.6. The first-order valence-corrected chi connectivity index (χ1v) is 12.4. The molecule has 1 saturated carbocycles. The van der Waals surface area contributed by atoms with E-state index >= 15 is 0 Å². The zero-order valence-corrected chi connectivity index (χ0v) is 20.4. The van der Waals surface area contributed by atoms with Crippen LogP contribution in [0, 0.1) is 12.8 Å². The fourth-order valence-electron chi connectivity index (χ4n) is 4.71. The standard InChI is InChI=1S/C28H34N4O3/c1-21-7-9-24(10-8-21)30-28(35)20-32-15-13-31(14-16-32)12-11-29-19-25-26(33)17-23(18-27(25)34)22-5-3-2-4-6-22/h2-10,19,23,25H,11-18,20H2,1H3,(H,30,35). The van der Waals surface area contributed by atoms with Crippen LogP contribution in [0.5, 0.6) is 0 Å². The van der Waals surface area contributed by atoms with E-state index in [1.807, 2.05) is 61.5 Å². The van der Waals surface area contributed by atoms with Crippen LogP contribution in [0.2, 0.25) is 0 Å². The number of nitrogens with one attached hydrogen (secondary N) is 1. The van der Waals surface area contributed by atoms with Gasteiger partial charge < -0.3 is 5.32 Å². The summed E-state index contributed by atoms with van der Waals surface area (Å²) < 4.78 is 0. The van der Waals surface area contributed by atoms with E-state index in [1.54, 1.807) is 6.21 Å². The number of Topliss-reactive ketones (excluding diaryl/α,β-unsaturated/α-hetero) is 2. The number of ketones is 2. The van der Waals surface area contributed by atoms with Crippen LogP contribution in [0.3, 0.4) is 0 Å². The highest BCUT2D eigenvalue weighted by molar-refractivity contribution is 6.16. The molecule has 1 amide bonds. The Hall–Kier alpha value is -3.16. The van der Waals surface area contributed by atoms with Gasteiger partial charge in [-0.25, -0.2) is 0 Å². The summed E-state index contributed by atoms with van der Waals surface area (Å²) in [4.78, 5) is 46.4. The molecule has 4 rings (SSSR count). The minimum atomic E-state index is -0.696. The second-order valence-electron chi connectivity index (χ2n) is 9.51. The molecule has 1 heterocycles. The molecular weight excluding hydrogens is 440 g/mol. The number of amides is 1. The first kappa shape index (κ1) is 24.9. The number of piperazine rings is 1. The van der Waals surface area contributed by atoms with Crippen LogP contribution in [-0.2, 0) is 14.4 Å². The molecule has 2 fully saturated rings. The van der Waals surface area contributed by atoms with Crippen molar-refractivity contribution >= 4 is 29.4 Å². The van der Waals surface area contributed by atoms with Crippen molar-refractivity contribution in [3.05, 3.63) is 65.7 Å². The van der Waals surface area contributed by atoms with Crippen molar-refractivity contribution in [1.82, 2.24) is 9.80 Å². The van der Waals surface area contributed by atoms with Crippen molar-refractivity contribution in [2.45, 2.75) is 25.7 Å². The van der Waals surface area contributed by atoms with E-state index in [9.17, 15) is 14.4 Å². The van der Waals surface area contributed by atoms with Gasteiger partial charge in [0, 0.05) is 57.5 Å². The Balaban J connectivity index is 1.15. The third-order valence-electron chi connectivity index (χ3n) is 6.83. The van der Waals surface area contributed by atoms with Gasteiger partial charge in [-0.15, -0.1) is 0 Å². The number of carbonyl (C=O) groups excluding carboxylic acids is 3. The molecule has 1 aliphatic carbocycles. The highest BCUT2D eigenvalue weighted by atomic mass is 16.2. The van der Waals surface area contributed by atoms with Gasteiger partial charge in [0.15, 0.2) is 0 Å². The Bertz CT molecular complexity index is 1030. The smallest absolute Gasteiger partial charge is 0.238 e. The molecule has 0 aromatic heterocycles. The number of hydrogen-bond donors (Lipinski definition) is 1. The number of benzene rings is 2. The van der Waals surface area contributed by atoms with Gasteiger partial charge in [0.2, 0.25) is 5.91 Å². The summed E-state index contributed by atoms with van der Waals surface area (Å²) in [5.74, 6) is -0.772. The van der Waals surface area contributed by atoms with E-state index in [0.717, 1.165) is 49.5 Å². The van der Waals surface area contributed by atoms with Crippen molar-refractivity contribution in [3.8, 4) is 0 Å². The average molecular weight is 475 g/mol. The lowest BCUT2D eigenvalue weighted by Crippen LogP contribution is -2.49. The van der Waals surface area contributed by atoms with Gasteiger partial charge in [0.25, 0.3) is 0 Å². The van der Waals surface area contributed by atoms with Gasteiger partial charge in [-0.1, -0.05) is 48.0 Å². The zero-order valence-electron chi connectivity index (χ0n) is 20.4. The number of aliphatic imine (C=N–C) groups is 1. The Morgan fingerprint density at radius 2 is 1.57 bits per heavy atom. The van der Waals surface area contributed by atoms with Crippen molar-refractivity contribution in [2.75, 3.05) is 51.1 Å². The van der Waals surface area contributed by atoms with Crippen molar-refractivity contribution < 1.29 is 14.4 Å². The average Bonchev–Trinajstić information content (AvgIpc) is 2.86. The monoisotopic (exact) mass is 474 g/mol. The van der Waals surface area contributed by atoms with E-state index < -0.39 is 5.92 Å². The molecule has 0 spiro atoms. The molecule has 0 atom stereocenters. The van der Waals surface area contributed by atoms with Gasteiger partial charge in [-0.3, -0.25) is 29.2 Å². The minimum absolute atomic E-state index is 0.00298. The van der Waals surface area contributed by atoms with Crippen LogP contribution >= 0.6 is 0 Å². The van der Waals surface area contributed by atoms with Gasteiger partial charge in [-0.2, -0.15) is 0 Å². The quantitative estimate of drug-likeness (QED) is 0.470. The largest absolute Gasteiger partial charge is 0.325 e. The summed E-state index contributed by atoms with van der Waals surface area (Å²) in [6.45, 7) is 7.13. The fraction of sp³-hybridized carbons (Fsp3) is 0.429. The van der Waals surface area contributed by atoms with Crippen molar-refractivity contribution in [1.29, 1.82) is 0 Å². The number of carbonyl (C=O) groups is 3. The van der Waals surface area contributed by atoms with Crippen molar-refractivity contribution in [3.63, 3.8) is 0 Å². The maximum atomic E-state index is 12.6. The Morgan fingerprint density at radius 3 is 2.23 bits per heavy atom. The summed E-state index contributed by atoms with van der Waals surface area (Å²) in [5.41, 5.74) is 3.04. The highest BCUT2D eigenvalue weighted by Gasteiger charge is 2.34. The third kappa shape index (κ3) is 7.16. The molecule has 184 valence electrons. The molecule has 7 heteroatoms. The van der Waals surface area contributed by atoms with Crippen LogP contribution < -0.4 is 5.32 Å². The lowest BCUT2D eigenvalue weighted by Gasteiger charge is -2.33. The number of nitrogens with zero attached hydrogens (tertiary/aromatic N) is 3. The van der Waals surface area contributed by atoms with Gasteiger partial charge in [0.1, 0.15) is 17.5 Å². The molecule has 0 unspecified atom stereocenters. The fourth-order valence-corrected chi connectivity index (χ4v) is 4.71. The van der Waals surface area contributed by atoms with Crippen LogP contribution in [0.4, 0.5) is 5.69 Å². The molecule has 7 nitrogen and oxygen atoms in total. The lowest BCUT2D eigenvalue weighted by atomic mass is 9.77. The molecule has 2 aromatic carbocycles. The topological polar surface area (TPSA) is 82.1 Å². The Labute approximate surface area is 207 Å². The molecule has 0 bridgehead atoms. The van der Waals surface area contributed by atoms with E-state index in [1.165, 1.54) is 0 Å². The van der Waals surface area contributed by atoms with Gasteiger partial charge >= 0.3 is 0 Å². The maximum Gasteiger partial charge on any atom is 0.238 e. The zero-order chi connectivity index (χ0) is 24.6. The molecule has 0 radical (unpaired) electrons. The SMILES string of the molecule is Cc1ccc(NC(=O)CN2CCN(CCN=CC3C(=O)CC(c4ccccc4)CC3=O)CC2)cc1. The van der Waals surface area contributed by atoms with Gasteiger partial charge in [-0.05, 0) is 30.5 Å². The van der Waals surface area contributed by atoms with E-state index in [-0.39, 0.29) is 23.4 Å². The molecule has 1 aliphatic heterocycles. The number of anilines is 1. The highest BCUT2D eigenvalue weighted by Crippen LogP contribution is 2.31. The van der Waals surface area contributed by atoms with E-state index in [0.29, 0.717) is 25.9 Å². The normalized spacial score (nSPS) is 22.0. The molecule has 1 saturated heterocycles. The predicted octanol–water partition coefficient (Wildman–Crippen LogP) is 2.95. The Kier molecular flexibility index (Phi) is 8.55. The van der Waals surface area contributed by atoms with Crippen LogP contribution in [0.1, 0.15) is 29.9 Å². The molecule has 1 N–H and O–H groups in total. The number of hydrogen-bond acceptors (Lipinski definition) is 6. The van der Waals surface area contributed by atoms with Gasteiger partial charge in [0.05, 0.1) is 13.1 Å². The minimum Gasteiger partial charge on any atom is -0.325 e. The van der Waals surface area contributed by atoms with Crippen LogP contribution in [0.25, 0.3) is 0 Å². The maximum absolute atomic E-state index is 12.6. The van der Waals surface area contributed by atoms with Crippen molar-refractivity contribution in [2.24, 2.45) is 10.9 Å².